The predicted octanol–water partition coefficient (Wildman–Crippen LogP) is 5.40. The van der Waals surface area contributed by atoms with E-state index in [2.05, 4.69) is 39.3 Å². The van der Waals surface area contributed by atoms with Gasteiger partial charge in [-0.15, -0.1) is 0 Å². The third-order valence-corrected chi connectivity index (χ3v) is 15.9. The lowest BCUT2D eigenvalue weighted by Gasteiger charge is -2.39. The first kappa shape index (κ1) is 23.5. The quantitative estimate of drug-likeness (QED) is 0.491. The van der Waals surface area contributed by atoms with Gasteiger partial charge >= 0.3 is 22.7 Å². The summed E-state index contributed by atoms with van der Waals surface area (Å²) < 4.78 is 24.5. The Bertz CT molecular complexity index is 595. The van der Waals surface area contributed by atoms with Crippen LogP contribution in [0.15, 0.2) is 30.3 Å². The smallest absolute Gasteiger partial charge is 0.440 e. The fraction of sp³-hybridized carbons (Fsp3) is 0.588. The lowest BCUT2D eigenvalue weighted by molar-refractivity contribution is 0.151. The van der Waals surface area contributed by atoms with E-state index in [1.807, 2.05) is 43.4 Å². The number of carbonyl (C=O) groups excluding carboxylic acids is 1. The SMILES string of the molecule is C[Si](C)(C)O[Si](C)(C)O[Si](C)(O[Si](C)(C)C)C(=O)OCc1ccccc1. The summed E-state index contributed by atoms with van der Waals surface area (Å²) in [5, 5.41) is 0. The number of hydrogen-bond acceptors (Lipinski definition) is 5. The van der Waals surface area contributed by atoms with Crippen LogP contribution >= 0.6 is 0 Å². The first-order valence-corrected chi connectivity index (χ1v) is 20.9. The molecule has 1 unspecified atom stereocenters. The summed E-state index contributed by atoms with van der Waals surface area (Å²) in [6, 6.07) is 9.64. The van der Waals surface area contributed by atoms with Crippen LogP contribution in [0, 0.1) is 0 Å². The molecule has 0 radical (unpaired) electrons. The molecule has 0 spiro atoms. The molecule has 0 saturated carbocycles. The largest absolute Gasteiger partial charge is 0.461 e. The van der Waals surface area contributed by atoms with Gasteiger partial charge in [0.15, 0.2) is 16.6 Å². The standard InChI is InChI=1S/C17H34O5Si4/c1-23(2,3)20-25(7,8)22-26(9,21-24(4,5)6)17(18)19-15-16-13-11-10-12-14-16/h10-14H,15H2,1-9H3. The van der Waals surface area contributed by atoms with Crippen LogP contribution in [0.4, 0.5) is 4.79 Å². The van der Waals surface area contributed by atoms with Crippen LogP contribution in [0.1, 0.15) is 5.56 Å². The summed E-state index contributed by atoms with van der Waals surface area (Å²) in [6.45, 7) is 18.5. The average molecular weight is 431 g/mol. The second-order valence-electron chi connectivity index (χ2n) is 8.94. The molecule has 0 aliphatic carbocycles. The highest BCUT2D eigenvalue weighted by Crippen LogP contribution is 2.25. The van der Waals surface area contributed by atoms with Gasteiger partial charge in [-0.1, -0.05) is 30.3 Å². The van der Waals surface area contributed by atoms with Crippen LogP contribution in [0.25, 0.3) is 0 Å². The molecule has 1 aromatic carbocycles. The van der Waals surface area contributed by atoms with Crippen LogP contribution in [0.3, 0.4) is 0 Å². The molecule has 0 aromatic heterocycles. The van der Waals surface area contributed by atoms with E-state index in [-0.39, 0.29) is 12.2 Å². The summed E-state index contributed by atoms with van der Waals surface area (Å²) >= 11 is 0. The minimum absolute atomic E-state index is 0.220. The van der Waals surface area contributed by atoms with Crippen molar-refractivity contribution in [2.24, 2.45) is 0 Å². The second-order valence-corrected chi connectivity index (χ2v) is 24.9. The molecule has 5 nitrogen and oxygen atoms in total. The Morgan fingerprint density at radius 1 is 0.769 bits per heavy atom. The van der Waals surface area contributed by atoms with Gasteiger partial charge in [0, 0.05) is 0 Å². The fourth-order valence-corrected chi connectivity index (χ4v) is 19.2. The van der Waals surface area contributed by atoms with Crippen LogP contribution in [0.5, 0.6) is 0 Å². The van der Waals surface area contributed by atoms with E-state index >= 15 is 0 Å². The van der Waals surface area contributed by atoms with Crippen molar-refractivity contribution in [3.8, 4) is 0 Å². The monoisotopic (exact) mass is 430 g/mol. The highest BCUT2D eigenvalue weighted by molar-refractivity contribution is 7.03. The van der Waals surface area contributed by atoms with Crippen molar-refractivity contribution in [2.45, 2.75) is 65.5 Å². The third kappa shape index (κ3) is 8.89. The van der Waals surface area contributed by atoms with Gasteiger partial charge in [-0.2, -0.15) is 0 Å². The van der Waals surface area contributed by atoms with Crippen LogP contribution in [-0.4, -0.2) is 39.3 Å². The maximum absolute atomic E-state index is 12.9. The van der Waals surface area contributed by atoms with Crippen molar-refractivity contribution in [2.75, 3.05) is 0 Å². The molecular formula is C17H34O5Si4. The zero-order valence-corrected chi connectivity index (χ0v) is 21.6. The van der Waals surface area contributed by atoms with E-state index in [0.29, 0.717) is 0 Å². The number of hydrogen-bond donors (Lipinski definition) is 0. The molecule has 0 heterocycles. The summed E-state index contributed by atoms with van der Waals surface area (Å²) in [6.07, 6.45) is 0. The molecule has 1 atom stereocenters. The Morgan fingerprint density at radius 2 is 1.27 bits per heavy atom. The van der Waals surface area contributed by atoms with Gasteiger partial charge < -0.3 is 17.1 Å². The highest BCUT2D eigenvalue weighted by atomic mass is 28.5. The first-order valence-electron chi connectivity index (χ1n) is 8.94. The molecule has 1 aromatic rings. The van der Waals surface area contributed by atoms with Crippen LogP contribution < -0.4 is 0 Å². The Morgan fingerprint density at radius 3 is 1.73 bits per heavy atom. The van der Waals surface area contributed by atoms with Crippen molar-refractivity contribution in [3.05, 3.63) is 35.9 Å². The molecule has 0 aliphatic rings. The summed E-state index contributed by atoms with van der Waals surface area (Å²) in [7, 11) is -9.55. The summed E-state index contributed by atoms with van der Waals surface area (Å²) in [5.41, 5.74) is 0.573. The van der Waals surface area contributed by atoms with Gasteiger partial charge in [-0.25, -0.2) is 0 Å². The van der Waals surface area contributed by atoms with E-state index < -0.39 is 33.8 Å². The Hall–Kier alpha value is -0.562. The molecule has 0 saturated heterocycles. The molecule has 9 heteroatoms. The fourth-order valence-electron chi connectivity index (χ4n) is 2.77. The van der Waals surface area contributed by atoms with Gasteiger partial charge in [0.25, 0.3) is 0 Å². The average Bonchev–Trinajstić information content (AvgIpc) is 2.40. The lowest BCUT2D eigenvalue weighted by Crippen LogP contribution is -2.61. The summed E-state index contributed by atoms with van der Waals surface area (Å²) in [4.78, 5) is 12.9. The molecule has 26 heavy (non-hydrogen) atoms. The Balaban J connectivity index is 2.95. The summed E-state index contributed by atoms with van der Waals surface area (Å²) in [5.74, 6) is 0. The van der Waals surface area contributed by atoms with Crippen molar-refractivity contribution in [3.63, 3.8) is 0 Å². The number of carbonyl (C=O) groups is 1. The van der Waals surface area contributed by atoms with Gasteiger partial charge in [-0.05, 0) is 64.5 Å². The zero-order chi connectivity index (χ0) is 20.2. The zero-order valence-electron chi connectivity index (χ0n) is 17.6. The topological polar surface area (TPSA) is 54.0 Å². The predicted molar refractivity (Wildman–Crippen MR) is 116 cm³/mol. The van der Waals surface area contributed by atoms with Gasteiger partial charge in [-0.3, -0.25) is 4.79 Å². The molecule has 1 rings (SSSR count). The van der Waals surface area contributed by atoms with Gasteiger partial charge in [0.1, 0.15) is 6.61 Å². The second kappa shape index (κ2) is 8.63. The van der Waals surface area contributed by atoms with E-state index in [1.54, 1.807) is 6.55 Å². The van der Waals surface area contributed by atoms with Gasteiger partial charge in [0.05, 0.1) is 0 Å². The van der Waals surface area contributed by atoms with E-state index in [9.17, 15) is 4.79 Å². The minimum atomic E-state index is -3.22. The molecular weight excluding hydrogens is 397 g/mol. The normalized spacial score (nSPS) is 15.4. The molecule has 148 valence electrons. The van der Waals surface area contributed by atoms with Crippen LogP contribution in [-0.2, 0) is 23.7 Å². The molecule has 0 N–H and O–H groups in total. The number of ether oxygens (including phenoxy) is 1. The number of rotatable bonds is 9. The molecule has 0 fully saturated rings. The number of benzene rings is 1. The Kier molecular flexibility index (Phi) is 7.79. The van der Waals surface area contributed by atoms with E-state index in [1.165, 1.54) is 0 Å². The maximum atomic E-state index is 12.9. The third-order valence-electron chi connectivity index (χ3n) is 3.08. The van der Waals surface area contributed by atoms with Crippen molar-refractivity contribution >= 4 is 39.3 Å². The highest BCUT2D eigenvalue weighted by Gasteiger charge is 2.52. The molecule has 0 aliphatic heterocycles. The Labute approximate surface area is 162 Å². The first-order chi connectivity index (χ1) is 11.6. The molecule has 0 amide bonds. The minimum Gasteiger partial charge on any atom is -0.461 e. The maximum Gasteiger partial charge on any atom is 0.440 e. The van der Waals surface area contributed by atoms with Crippen LogP contribution in [0.2, 0.25) is 58.9 Å². The molecule has 0 bridgehead atoms. The van der Waals surface area contributed by atoms with E-state index in [0.717, 1.165) is 5.56 Å². The van der Waals surface area contributed by atoms with Gasteiger partial charge in [0.2, 0.25) is 0 Å². The lowest BCUT2D eigenvalue weighted by atomic mass is 10.2. The van der Waals surface area contributed by atoms with Crippen molar-refractivity contribution in [1.82, 2.24) is 0 Å². The van der Waals surface area contributed by atoms with E-state index in [4.69, 9.17) is 17.1 Å². The van der Waals surface area contributed by atoms with Crippen molar-refractivity contribution < 1.29 is 21.9 Å². The van der Waals surface area contributed by atoms with Crippen molar-refractivity contribution in [1.29, 1.82) is 0 Å².